The van der Waals surface area contributed by atoms with E-state index in [0.29, 0.717) is 6.04 Å². The Morgan fingerprint density at radius 2 is 2.06 bits per heavy atom. The third kappa shape index (κ3) is 3.32. The molecule has 1 N–H and O–H groups in total. The van der Waals surface area contributed by atoms with Gasteiger partial charge in [0.05, 0.1) is 0 Å². The van der Waals surface area contributed by atoms with E-state index in [1.54, 1.807) is 0 Å². The molecular weight excluding hydrogens is 208 g/mol. The van der Waals surface area contributed by atoms with Gasteiger partial charge in [-0.3, -0.25) is 4.90 Å². The van der Waals surface area contributed by atoms with Crippen molar-refractivity contribution in [1.82, 2.24) is 10.2 Å². The molecule has 1 saturated heterocycles. The first-order valence-electron chi connectivity index (χ1n) is 7.40. The molecule has 17 heavy (non-hydrogen) atoms. The van der Waals surface area contributed by atoms with Crippen molar-refractivity contribution >= 4 is 0 Å². The summed E-state index contributed by atoms with van der Waals surface area (Å²) in [5.41, 5.74) is 0. The minimum Gasteiger partial charge on any atom is -0.312 e. The number of hydrogen-bond acceptors (Lipinski definition) is 2. The van der Waals surface area contributed by atoms with Crippen LogP contribution in [0.3, 0.4) is 0 Å². The molecule has 3 atom stereocenters. The van der Waals surface area contributed by atoms with Crippen LogP contribution in [0.25, 0.3) is 0 Å². The van der Waals surface area contributed by atoms with E-state index >= 15 is 0 Å². The predicted octanol–water partition coefficient (Wildman–Crippen LogP) is 2.81. The summed E-state index contributed by atoms with van der Waals surface area (Å²) in [5, 5.41) is 3.47. The van der Waals surface area contributed by atoms with Gasteiger partial charge in [-0.1, -0.05) is 18.9 Å². The lowest BCUT2D eigenvalue weighted by Crippen LogP contribution is -2.53. The molecule has 0 aromatic carbocycles. The molecule has 2 fully saturated rings. The third-order valence-electron chi connectivity index (χ3n) is 4.58. The van der Waals surface area contributed by atoms with Crippen molar-refractivity contribution in [3.63, 3.8) is 0 Å². The molecule has 1 saturated carbocycles. The van der Waals surface area contributed by atoms with E-state index in [1.165, 1.54) is 45.1 Å². The molecule has 0 bridgehead atoms. The molecule has 2 heteroatoms. The molecule has 0 aromatic rings. The Balaban J connectivity index is 1.86. The van der Waals surface area contributed by atoms with E-state index < -0.39 is 0 Å². The fourth-order valence-corrected chi connectivity index (χ4v) is 3.72. The zero-order chi connectivity index (χ0) is 12.1. The van der Waals surface area contributed by atoms with Gasteiger partial charge in [0.1, 0.15) is 0 Å². The lowest BCUT2D eigenvalue weighted by atomic mass is 9.78. The van der Waals surface area contributed by atoms with Gasteiger partial charge >= 0.3 is 0 Å². The summed E-state index contributed by atoms with van der Waals surface area (Å²) in [6.07, 6.45) is 10.7. The van der Waals surface area contributed by atoms with Gasteiger partial charge in [0.2, 0.25) is 0 Å². The first-order chi connectivity index (χ1) is 8.33. The Morgan fingerprint density at radius 3 is 2.88 bits per heavy atom. The van der Waals surface area contributed by atoms with E-state index in [1.807, 2.05) is 6.08 Å². The highest BCUT2D eigenvalue weighted by Gasteiger charge is 2.34. The van der Waals surface area contributed by atoms with Crippen molar-refractivity contribution in [3.05, 3.63) is 12.7 Å². The molecule has 1 aliphatic heterocycles. The smallest absolute Gasteiger partial charge is 0.0195 e. The van der Waals surface area contributed by atoms with Gasteiger partial charge in [-0.15, -0.1) is 6.58 Å². The van der Waals surface area contributed by atoms with E-state index in [-0.39, 0.29) is 0 Å². The zero-order valence-electron chi connectivity index (χ0n) is 11.3. The van der Waals surface area contributed by atoms with E-state index in [9.17, 15) is 0 Å². The molecule has 0 aromatic heterocycles. The molecule has 0 radical (unpaired) electrons. The molecule has 0 spiro atoms. The van der Waals surface area contributed by atoms with Gasteiger partial charge in [-0.25, -0.2) is 0 Å². The van der Waals surface area contributed by atoms with Crippen molar-refractivity contribution < 1.29 is 0 Å². The highest BCUT2D eigenvalue weighted by molar-refractivity contribution is 4.90. The second kappa shape index (κ2) is 6.55. The van der Waals surface area contributed by atoms with Crippen LogP contribution in [0.4, 0.5) is 0 Å². The second-order valence-corrected chi connectivity index (χ2v) is 5.79. The maximum atomic E-state index is 3.76. The number of nitrogens with zero attached hydrogens (tertiary/aromatic N) is 1. The van der Waals surface area contributed by atoms with Crippen LogP contribution in [0.15, 0.2) is 12.7 Å². The monoisotopic (exact) mass is 236 g/mol. The van der Waals surface area contributed by atoms with Gasteiger partial charge in [0.15, 0.2) is 0 Å². The predicted molar refractivity (Wildman–Crippen MR) is 74.2 cm³/mol. The van der Waals surface area contributed by atoms with Crippen molar-refractivity contribution in [1.29, 1.82) is 0 Å². The number of likely N-dealkylation sites (tertiary alicyclic amines) is 1. The maximum absolute atomic E-state index is 3.76. The molecule has 2 nitrogen and oxygen atoms in total. The summed E-state index contributed by atoms with van der Waals surface area (Å²) in [6.45, 7) is 9.50. The Hall–Kier alpha value is -0.340. The van der Waals surface area contributed by atoms with Crippen molar-refractivity contribution in [2.75, 3.05) is 19.6 Å². The molecule has 98 valence electrons. The number of rotatable bonds is 5. The van der Waals surface area contributed by atoms with Gasteiger partial charge < -0.3 is 5.32 Å². The maximum Gasteiger partial charge on any atom is 0.0195 e. The number of hydrogen-bond donors (Lipinski definition) is 1. The quantitative estimate of drug-likeness (QED) is 0.583. The average molecular weight is 236 g/mol. The Morgan fingerprint density at radius 1 is 1.29 bits per heavy atom. The largest absolute Gasteiger partial charge is 0.312 e. The summed E-state index contributed by atoms with van der Waals surface area (Å²) in [7, 11) is 0. The molecule has 1 aliphatic carbocycles. The van der Waals surface area contributed by atoms with Crippen LogP contribution in [0.5, 0.6) is 0 Å². The molecule has 1 heterocycles. The number of piperidine rings is 1. The van der Waals surface area contributed by atoms with Gasteiger partial charge in [-0.2, -0.15) is 0 Å². The van der Waals surface area contributed by atoms with Crippen LogP contribution in [-0.2, 0) is 0 Å². The van der Waals surface area contributed by atoms with Gasteiger partial charge in [0, 0.05) is 25.2 Å². The Bertz CT molecular complexity index is 237. The fraction of sp³-hybridized carbons (Fsp3) is 0.867. The van der Waals surface area contributed by atoms with E-state index in [0.717, 1.165) is 25.0 Å². The highest BCUT2D eigenvalue weighted by Crippen LogP contribution is 2.35. The molecule has 0 amide bonds. The average Bonchev–Trinajstić information content (AvgIpc) is 2.38. The lowest BCUT2D eigenvalue weighted by molar-refractivity contribution is 0.0318. The number of nitrogens with one attached hydrogen (secondary N) is 1. The SMILES string of the molecule is C=CCNCC(C)N1CCCC2CCCCC21. The van der Waals surface area contributed by atoms with Crippen LogP contribution in [0, 0.1) is 5.92 Å². The minimum atomic E-state index is 0.681. The van der Waals surface area contributed by atoms with Crippen molar-refractivity contribution in [3.8, 4) is 0 Å². The topological polar surface area (TPSA) is 15.3 Å². The van der Waals surface area contributed by atoms with Crippen LogP contribution in [-0.4, -0.2) is 36.6 Å². The third-order valence-corrected chi connectivity index (χ3v) is 4.58. The summed E-state index contributed by atoms with van der Waals surface area (Å²) in [6, 6.07) is 1.57. The molecule has 2 aliphatic rings. The molecule has 2 rings (SSSR count). The first-order valence-corrected chi connectivity index (χ1v) is 7.40. The summed E-state index contributed by atoms with van der Waals surface area (Å²) in [4.78, 5) is 2.78. The Labute approximate surface area is 106 Å². The van der Waals surface area contributed by atoms with Crippen LogP contribution < -0.4 is 5.32 Å². The second-order valence-electron chi connectivity index (χ2n) is 5.79. The standard InChI is InChI=1S/C15H28N2/c1-3-10-16-12-13(2)17-11-6-8-14-7-4-5-9-15(14)17/h3,13-16H,1,4-12H2,2H3. The fourth-order valence-electron chi connectivity index (χ4n) is 3.72. The van der Waals surface area contributed by atoms with Crippen LogP contribution >= 0.6 is 0 Å². The Kier molecular flexibility index (Phi) is 5.05. The molecular formula is C15H28N2. The lowest BCUT2D eigenvalue weighted by Gasteiger charge is -2.47. The van der Waals surface area contributed by atoms with E-state index in [4.69, 9.17) is 0 Å². The first kappa shape index (κ1) is 13.1. The van der Waals surface area contributed by atoms with Gasteiger partial charge in [0.25, 0.3) is 0 Å². The zero-order valence-corrected chi connectivity index (χ0v) is 11.3. The highest BCUT2D eigenvalue weighted by atomic mass is 15.2. The normalized spacial score (nSPS) is 31.8. The summed E-state index contributed by atoms with van der Waals surface area (Å²) in [5.74, 6) is 0.999. The molecule has 3 unspecified atom stereocenters. The van der Waals surface area contributed by atoms with Crippen LogP contribution in [0.1, 0.15) is 45.4 Å². The minimum absolute atomic E-state index is 0.681. The summed E-state index contributed by atoms with van der Waals surface area (Å²) < 4.78 is 0. The van der Waals surface area contributed by atoms with E-state index in [2.05, 4.69) is 23.7 Å². The van der Waals surface area contributed by atoms with Crippen LogP contribution in [0.2, 0.25) is 0 Å². The van der Waals surface area contributed by atoms with Gasteiger partial charge in [-0.05, 0) is 45.1 Å². The summed E-state index contributed by atoms with van der Waals surface area (Å²) >= 11 is 0. The number of fused-ring (bicyclic) bond motifs is 1. The van der Waals surface area contributed by atoms with Crippen molar-refractivity contribution in [2.45, 2.75) is 57.5 Å². The van der Waals surface area contributed by atoms with Crippen molar-refractivity contribution in [2.24, 2.45) is 5.92 Å².